The van der Waals surface area contributed by atoms with E-state index in [-0.39, 0.29) is 23.9 Å². The molecule has 4 rings (SSSR count). The molecule has 2 aromatic heterocycles. The molecule has 1 aliphatic rings. The van der Waals surface area contributed by atoms with Gasteiger partial charge in [-0.05, 0) is 36.2 Å². The van der Waals surface area contributed by atoms with E-state index in [1.807, 2.05) is 17.0 Å². The highest BCUT2D eigenvalue weighted by atomic mass is 16.2. The van der Waals surface area contributed by atoms with Gasteiger partial charge in [0.2, 0.25) is 5.91 Å². The van der Waals surface area contributed by atoms with Crippen LogP contribution in [-0.4, -0.2) is 62.7 Å². The van der Waals surface area contributed by atoms with Crippen LogP contribution in [0, 0.1) is 0 Å². The molecule has 140 valence electrons. The van der Waals surface area contributed by atoms with Gasteiger partial charge in [-0.2, -0.15) is 0 Å². The van der Waals surface area contributed by atoms with Gasteiger partial charge in [0.05, 0.1) is 17.5 Å². The maximum atomic E-state index is 12.7. The van der Waals surface area contributed by atoms with Gasteiger partial charge >= 0.3 is 5.69 Å². The predicted octanol–water partition coefficient (Wildman–Crippen LogP) is 1.10. The van der Waals surface area contributed by atoms with Crippen LogP contribution >= 0.6 is 0 Å². The van der Waals surface area contributed by atoms with Crippen molar-refractivity contribution in [2.24, 2.45) is 0 Å². The van der Waals surface area contributed by atoms with Crippen LogP contribution in [0.1, 0.15) is 22.5 Å². The summed E-state index contributed by atoms with van der Waals surface area (Å²) in [6.45, 7) is 2.32. The molecular weight excluding hydrogens is 346 g/mol. The highest BCUT2D eigenvalue weighted by Crippen LogP contribution is 2.13. The van der Waals surface area contributed by atoms with Crippen LogP contribution in [0.2, 0.25) is 0 Å². The fourth-order valence-corrected chi connectivity index (χ4v) is 3.48. The topological polar surface area (TPSA) is 105 Å². The molecule has 3 N–H and O–H groups in total. The van der Waals surface area contributed by atoms with Crippen molar-refractivity contribution in [1.82, 2.24) is 24.8 Å². The summed E-state index contributed by atoms with van der Waals surface area (Å²) in [5, 5.41) is 0. The van der Waals surface area contributed by atoms with Gasteiger partial charge in [0.25, 0.3) is 5.91 Å². The molecule has 0 atom stereocenters. The molecule has 8 heteroatoms. The average Bonchev–Trinajstić information content (AvgIpc) is 3.23. The predicted molar refractivity (Wildman–Crippen MR) is 101 cm³/mol. The van der Waals surface area contributed by atoms with Crippen LogP contribution in [0.3, 0.4) is 0 Å². The van der Waals surface area contributed by atoms with E-state index in [4.69, 9.17) is 0 Å². The van der Waals surface area contributed by atoms with Crippen molar-refractivity contribution in [3.8, 4) is 0 Å². The van der Waals surface area contributed by atoms with Gasteiger partial charge in [0, 0.05) is 32.4 Å². The second-order valence-corrected chi connectivity index (χ2v) is 6.75. The third kappa shape index (κ3) is 3.64. The number of nitrogens with zero attached hydrogens (tertiary/aromatic N) is 2. The standard InChI is InChI=1S/C19H21N5O3/c25-17(12-13-4-5-14-16(11-13)22-19(27)21-14)23-7-2-8-24(10-9-23)18(26)15-3-1-6-20-15/h1,3-6,11,20H,2,7-10,12H2,(H2,21,22,27). The molecule has 0 saturated carbocycles. The summed E-state index contributed by atoms with van der Waals surface area (Å²) in [4.78, 5) is 48.5. The van der Waals surface area contributed by atoms with E-state index >= 15 is 0 Å². The summed E-state index contributed by atoms with van der Waals surface area (Å²) >= 11 is 0. The summed E-state index contributed by atoms with van der Waals surface area (Å²) in [6, 6.07) is 9.04. The molecule has 1 aromatic carbocycles. The molecule has 0 radical (unpaired) electrons. The summed E-state index contributed by atoms with van der Waals surface area (Å²) in [5.41, 5.74) is 2.59. The Balaban J connectivity index is 1.40. The molecule has 0 spiro atoms. The first kappa shape index (κ1) is 17.1. The normalized spacial score (nSPS) is 15.1. The van der Waals surface area contributed by atoms with Gasteiger partial charge in [-0.1, -0.05) is 6.07 Å². The number of aromatic nitrogens is 3. The lowest BCUT2D eigenvalue weighted by Gasteiger charge is -2.22. The van der Waals surface area contributed by atoms with Crippen molar-refractivity contribution in [2.75, 3.05) is 26.2 Å². The number of fused-ring (bicyclic) bond motifs is 1. The first-order chi connectivity index (χ1) is 13.1. The van der Waals surface area contributed by atoms with Crippen LogP contribution in [0.15, 0.2) is 41.3 Å². The van der Waals surface area contributed by atoms with Gasteiger partial charge in [0.1, 0.15) is 5.69 Å². The van der Waals surface area contributed by atoms with E-state index in [1.165, 1.54) is 0 Å². The highest BCUT2D eigenvalue weighted by Gasteiger charge is 2.23. The van der Waals surface area contributed by atoms with E-state index in [1.54, 1.807) is 29.3 Å². The zero-order chi connectivity index (χ0) is 18.8. The summed E-state index contributed by atoms with van der Waals surface area (Å²) in [7, 11) is 0. The van der Waals surface area contributed by atoms with Gasteiger partial charge < -0.3 is 24.8 Å². The Labute approximate surface area is 155 Å². The number of imidazole rings is 1. The van der Waals surface area contributed by atoms with E-state index in [9.17, 15) is 14.4 Å². The zero-order valence-electron chi connectivity index (χ0n) is 14.8. The number of hydrogen-bond donors (Lipinski definition) is 3. The van der Waals surface area contributed by atoms with Gasteiger partial charge in [-0.25, -0.2) is 4.79 Å². The Morgan fingerprint density at radius 3 is 2.56 bits per heavy atom. The van der Waals surface area contributed by atoms with Crippen molar-refractivity contribution in [3.63, 3.8) is 0 Å². The Morgan fingerprint density at radius 2 is 1.74 bits per heavy atom. The van der Waals surface area contributed by atoms with Crippen molar-refractivity contribution < 1.29 is 9.59 Å². The van der Waals surface area contributed by atoms with Crippen LogP contribution < -0.4 is 5.69 Å². The number of nitrogens with one attached hydrogen (secondary N) is 3. The fraction of sp³-hybridized carbons (Fsp3) is 0.316. The SMILES string of the molecule is O=C(Cc1ccc2[nH]c(=O)[nH]c2c1)N1CCCN(C(=O)c2ccc[nH]2)CC1. The molecule has 3 aromatic rings. The van der Waals surface area contributed by atoms with Gasteiger partial charge in [0.15, 0.2) is 0 Å². The third-order valence-electron chi connectivity index (χ3n) is 4.90. The molecule has 0 aliphatic carbocycles. The molecular formula is C19H21N5O3. The Bertz CT molecular complexity index is 1020. The number of amides is 2. The molecule has 0 unspecified atom stereocenters. The minimum absolute atomic E-state index is 0.0291. The zero-order valence-corrected chi connectivity index (χ0v) is 14.8. The minimum atomic E-state index is -0.257. The lowest BCUT2D eigenvalue weighted by Crippen LogP contribution is -2.38. The van der Waals surface area contributed by atoms with Crippen LogP contribution in [0.25, 0.3) is 11.0 Å². The van der Waals surface area contributed by atoms with Crippen LogP contribution in [0.4, 0.5) is 0 Å². The van der Waals surface area contributed by atoms with Gasteiger partial charge in [-0.15, -0.1) is 0 Å². The number of carbonyl (C=O) groups is 2. The molecule has 1 fully saturated rings. The first-order valence-corrected chi connectivity index (χ1v) is 9.01. The molecule has 3 heterocycles. The number of aromatic amines is 3. The van der Waals surface area contributed by atoms with Crippen molar-refractivity contribution in [3.05, 3.63) is 58.3 Å². The quantitative estimate of drug-likeness (QED) is 0.645. The maximum absolute atomic E-state index is 12.7. The second kappa shape index (κ2) is 7.14. The van der Waals surface area contributed by atoms with Crippen molar-refractivity contribution in [2.45, 2.75) is 12.8 Å². The van der Waals surface area contributed by atoms with Crippen LogP contribution in [0.5, 0.6) is 0 Å². The Morgan fingerprint density at radius 1 is 0.963 bits per heavy atom. The average molecular weight is 367 g/mol. The molecule has 1 saturated heterocycles. The number of rotatable bonds is 3. The first-order valence-electron chi connectivity index (χ1n) is 9.01. The summed E-state index contributed by atoms with van der Waals surface area (Å²) in [5.74, 6) is -0.00225. The number of hydrogen-bond acceptors (Lipinski definition) is 3. The Kier molecular flexibility index (Phi) is 4.53. The van der Waals surface area contributed by atoms with E-state index < -0.39 is 0 Å². The van der Waals surface area contributed by atoms with Crippen molar-refractivity contribution >= 4 is 22.8 Å². The number of H-pyrrole nitrogens is 3. The highest BCUT2D eigenvalue weighted by molar-refractivity contribution is 5.92. The number of benzene rings is 1. The molecule has 0 bridgehead atoms. The monoisotopic (exact) mass is 367 g/mol. The van der Waals surface area contributed by atoms with E-state index in [0.29, 0.717) is 37.4 Å². The van der Waals surface area contributed by atoms with E-state index in [2.05, 4.69) is 15.0 Å². The minimum Gasteiger partial charge on any atom is -0.357 e. The summed E-state index contributed by atoms with van der Waals surface area (Å²) < 4.78 is 0. The smallest absolute Gasteiger partial charge is 0.323 e. The lowest BCUT2D eigenvalue weighted by atomic mass is 10.1. The largest absolute Gasteiger partial charge is 0.357 e. The number of carbonyl (C=O) groups excluding carboxylic acids is 2. The fourth-order valence-electron chi connectivity index (χ4n) is 3.48. The molecule has 2 amide bonds. The maximum Gasteiger partial charge on any atom is 0.323 e. The molecule has 1 aliphatic heterocycles. The van der Waals surface area contributed by atoms with Crippen molar-refractivity contribution in [1.29, 1.82) is 0 Å². The lowest BCUT2D eigenvalue weighted by molar-refractivity contribution is -0.130. The van der Waals surface area contributed by atoms with E-state index in [0.717, 1.165) is 17.5 Å². The third-order valence-corrected chi connectivity index (χ3v) is 4.90. The molecule has 27 heavy (non-hydrogen) atoms. The van der Waals surface area contributed by atoms with Gasteiger partial charge in [-0.3, -0.25) is 9.59 Å². The molecule has 8 nitrogen and oxygen atoms in total. The Hall–Kier alpha value is -3.29. The second-order valence-electron chi connectivity index (χ2n) is 6.75. The van der Waals surface area contributed by atoms with Crippen LogP contribution in [-0.2, 0) is 11.2 Å². The summed E-state index contributed by atoms with van der Waals surface area (Å²) in [6.07, 6.45) is 2.76.